The van der Waals surface area contributed by atoms with E-state index in [1.54, 1.807) is 6.20 Å². The predicted octanol–water partition coefficient (Wildman–Crippen LogP) is 2.21. The van der Waals surface area contributed by atoms with Crippen molar-refractivity contribution in [2.75, 3.05) is 0 Å². The van der Waals surface area contributed by atoms with Crippen LogP contribution in [0.1, 0.15) is 41.5 Å². The first-order chi connectivity index (χ1) is 9.99. The molecule has 2 heterocycles. The summed E-state index contributed by atoms with van der Waals surface area (Å²) in [5.41, 5.74) is 2.10. The Bertz CT molecular complexity index is 671. The normalized spacial score (nSPS) is 12.2. The van der Waals surface area contributed by atoms with Gasteiger partial charge in [-0.15, -0.1) is 0 Å². The Morgan fingerprint density at radius 1 is 1.29 bits per heavy atom. The van der Waals surface area contributed by atoms with Crippen LogP contribution < -0.4 is 10.9 Å². The minimum atomic E-state index is -0.229. The standard InChI is InChI=1S/C16H19N3O2/c1-10(2)14(15-11(3)5-4-8-17-15)19-16(21)12-6-7-13(20)18-9-12/h4-10,14H,1-3H3,(H,18,20)(H,19,21). The summed E-state index contributed by atoms with van der Waals surface area (Å²) < 4.78 is 0. The highest BCUT2D eigenvalue weighted by molar-refractivity contribution is 5.94. The molecule has 2 rings (SSSR count). The first-order valence-corrected chi connectivity index (χ1v) is 6.90. The van der Waals surface area contributed by atoms with Crippen molar-refractivity contribution >= 4 is 5.91 Å². The molecule has 0 aliphatic rings. The van der Waals surface area contributed by atoms with Gasteiger partial charge < -0.3 is 10.3 Å². The van der Waals surface area contributed by atoms with Gasteiger partial charge in [0.15, 0.2) is 0 Å². The van der Waals surface area contributed by atoms with E-state index < -0.39 is 0 Å². The molecule has 0 saturated heterocycles. The molecule has 110 valence electrons. The summed E-state index contributed by atoms with van der Waals surface area (Å²) in [6, 6.07) is 6.53. The lowest BCUT2D eigenvalue weighted by Gasteiger charge is -2.23. The van der Waals surface area contributed by atoms with Crippen molar-refractivity contribution in [2.45, 2.75) is 26.8 Å². The molecule has 0 aliphatic carbocycles. The van der Waals surface area contributed by atoms with Crippen molar-refractivity contribution in [3.8, 4) is 0 Å². The van der Waals surface area contributed by atoms with E-state index in [4.69, 9.17) is 0 Å². The summed E-state index contributed by atoms with van der Waals surface area (Å²) in [5.74, 6) is -0.0275. The van der Waals surface area contributed by atoms with Crippen molar-refractivity contribution in [1.82, 2.24) is 15.3 Å². The quantitative estimate of drug-likeness (QED) is 0.904. The van der Waals surface area contributed by atoms with Crippen LogP contribution >= 0.6 is 0 Å². The van der Waals surface area contributed by atoms with Crippen LogP contribution in [0.5, 0.6) is 0 Å². The van der Waals surface area contributed by atoms with Gasteiger partial charge in [0.1, 0.15) is 0 Å². The molecular weight excluding hydrogens is 266 g/mol. The lowest BCUT2D eigenvalue weighted by Crippen LogP contribution is -2.33. The zero-order valence-corrected chi connectivity index (χ0v) is 12.4. The van der Waals surface area contributed by atoms with Crippen LogP contribution in [0.4, 0.5) is 0 Å². The Morgan fingerprint density at radius 2 is 2.05 bits per heavy atom. The molecule has 0 bridgehead atoms. The average molecular weight is 285 g/mol. The van der Waals surface area contributed by atoms with Crippen molar-refractivity contribution in [2.24, 2.45) is 5.92 Å². The van der Waals surface area contributed by atoms with Gasteiger partial charge in [-0.25, -0.2) is 0 Å². The zero-order valence-electron chi connectivity index (χ0n) is 12.4. The minimum Gasteiger partial charge on any atom is -0.343 e. The molecule has 0 aliphatic heterocycles. The molecule has 2 aromatic heterocycles. The highest BCUT2D eigenvalue weighted by Gasteiger charge is 2.21. The third kappa shape index (κ3) is 3.56. The van der Waals surface area contributed by atoms with E-state index in [0.29, 0.717) is 5.56 Å². The second-order valence-electron chi connectivity index (χ2n) is 5.34. The van der Waals surface area contributed by atoms with Gasteiger partial charge in [-0.3, -0.25) is 14.6 Å². The van der Waals surface area contributed by atoms with Crippen molar-refractivity contribution in [3.05, 3.63) is 63.8 Å². The van der Waals surface area contributed by atoms with Gasteiger partial charge in [-0.05, 0) is 30.5 Å². The molecule has 0 radical (unpaired) electrons. The van der Waals surface area contributed by atoms with E-state index in [-0.39, 0.29) is 23.4 Å². The molecule has 1 unspecified atom stereocenters. The van der Waals surface area contributed by atoms with E-state index in [1.165, 1.54) is 18.3 Å². The number of nitrogens with one attached hydrogen (secondary N) is 2. The van der Waals surface area contributed by atoms with Crippen LogP contribution in [0.2, 0.25) is 0 Å². The summed E-state index contributed by atoms with van der Waals surface area (Å²) in [4.78, 5) is 30.2. The highest BCUT2D eigenvalue weighted by Crippen LogP contribution is 2.22. The highest BCUT2D eigenvalue weighted by atomic mass is 16.2. The SMILES string of the molecule is Cc1cccnc1C(NC(=O)c1ccc(=O)[nH]c1)C(C)C. The van der Waals surface area contributed by atoms with E-state index in [9.17, 15) is 9.59 Å². The maximum Gasteiger partial charge on any atom is 0.253 e. The molecule has 1 amide bonds. The number of amides is 1. The molecule has 2 aromatic rings. The number of H-pyrrole nitrogens is 1. The fourth-order valence-electron chi connectivity index (χ4n) is 2.15. The van der Waals surface area contributed by atoms with Gasteiger partial charge in [0.25, 0.3) is 5.91 Å². The predicted molar refractivity (Wildman–Crippen MR) is 81.1 cm³/mol. The monoisotopic (exact) mass is 285 g/mol. The minimum absolute atomic E-state index is 0.175. The lowest BCUT2D eigenvalue weighted by atomic mass is 9.97. The Balaban J connectivity index is 2.25. The summed E-state index contributed by atoms with van der Waals surface area (Å²) in [6.07, 6.45) is 3.14. The summed E-state index contributed by atoms with van der Waals surface area (Å²) in [6.45, 7) is 6.04. The number of rotatable bonds is 4. The van der Waals surface area contributed by atoms with Crippen LogP contribution in [0.3, 0.4) is 0 Å². The Morgan fingerprint density at radius 3 is 2.62 bits per heavy atom. The summed E-state index contributed by atoms with van der Waals surface area (Å²) in [7, 11) is 0. The number of nitrogens with zero attached hydrogens (tertiary/aromatic N) is 1. The molecule has 1 atom stereocenters. The van der Waals surface area contributed by atoms with Crippen molar-refractivity contribution in [1.29, 1.82) is 0 Å². The van der Waals surface area contributed by atoms with Gasteiger partial charge in [0, 0.05) is 18.5 Å². The molecule has 21 heavy (non-hydrogen) atoms. The van der Waals surface area contributed by atoms with Crippen molar-refractivity contribution in [3.63, 3.8) is 0 Å². The Hall–Kier alpha value is -2.43. The summed E-state index contributed by atoms with van der Waals surface area (Å²) >= 11 is 0. The zero-order chi connectivity index (χ0) is 15.4. The Kier molecular flexibility index (Phi) is 4.52. The van der Waals surface area contributed by atoms with Gasteiger partial charge in [-0.2, -0.15) is 0 Å². The van der Waals surface area contributed by atoms with Crippen LogP contribution in [0.15, 0.2) is 41.5 Å². The van der Waals surface area contributed by atoms with Crippen LogP contribution in [-0.2, 0) is 0 Å². The van der Waals surface area contributed by atoms with E-state index in [0.717, 1.165) is 11.3 Å². The third-order valence-corrected chi connectivity index (χ3v) is 3.34. The second-order valence-corrected chi connectivity index (χ2v) is 5.34. The molecule has 0 aromatic carbocycles. The van der Waals surface area contributed by atoms with Crippen LogP contribution in [0, 0.1) is 12.8 Å². The first kappa shape index (κ1) is 15.0. The number of hydrogen-bond donors (Lipinski definition) is 2. The van der Waals surface area contributed by atoms with E-state index >= 15 is 0 Å². The summed E-state index contributed by atoms with van der Waals surface area (Å²) in [5, 5.41) is 2.99. The number of pyridine rings is 2. The fraction of sp³-hybridized carbons (Fsp3) is 0.312. The molecule has 0 spiro atoms. The van der Waals surface area contributed by atoms with Crippen LogP contribution in [-0.4, -0.2) is 15.9 Å². The number of aromatic amines is 1. The number of hydrogen-bond acceptors (Lipinski definition) is 3. The van der Waals surface area contributed by atoms with E-state index in [2.05, 4.69) is 15.3 Å². The number of carbonyl (C=O) groups is 1. The largest absolute Gasteiger partial charge is 0.343 e. The number of carbonyl (C=O) groups excluding carboxylic acids is 1. The van der Waals surface area contributed by atoms with Crippen molar-refractivity contribution < 1.29 is 4.79 Å². The van der Waals surface area contributed by atoms with Crippen LogP contribution in [0.25, 0.3) is 0 Å². The van der Waals surface area contributed by atoms with Gasteiger partial charge >= 0.3 is 0 Å². The maximum atomic E-state index is 12.3. The first-order valence-electron chi connectivity index (χ1n) is 6.90. The van der Waals surface area contributed by atoms with Gasteiger partial charge in [-0.1, -0.05) is 19.9 Å². The van der Waals surface area contributed by atoms with E-state index in [1.807, 2.05) is 32.9 Å². The molecule has 2 N–H and O–H groups in total. The number of aromatic nitrogens is 2. The fourth-order valence-corrected chi connectivity index (χ4v) is 2.15. The van der Waals surface area contributed by atoms with Gasteiger partial charge in [0.2, 0.25) is 5.56 Å². The molecule has 0 fully saturated rings. The number of aryl methyl sites for hydroxylation is 1. The average Bonchev–Trinajstić information content (AvgIpc) is 2.46. The maximum absolute atomic E-state index is 12.3. The molecule has 5 nitrogen and oxygen atoms in total. The Labute approximate surface area is 123 Å². The topological polar surface area (TPSA) is 74.8 Å². The third-order valence-electron chi connectivity index (χ3n) is 3.34. The molecular formula is C16H19N3O2. The second kappa shape index (κ2) is 6.35. The smallest absolute Gasteiger partial charge is 0.253 e. The lowest BCUT2D eigenvalue weighted by molar-refractivity contribution is 0.0924. The van der Waals surface area contributed by atoms with Gasteiger partial charge in [0.05, 0.1) is 17.3 Å². The molecule has 5 heteroatoms. The molecule has 0 saturated carbocycles.